The van der Waals surface area contributed by atoms with Crippen LogP contribution in [0.5, 0.6) is 0 Å². The molecule has 0 saturated carbocycles. The molecule has 0 rings (SSSR count). The maximum atomic E-state index is 8.67. The first-order valence-corrected chi connectivity index (χ1v) is 2.33. The molecule has 0 heterocycles. The van der Waals surface area contributed by atoms with Gasteiger partial charge in [0.15, 0.2) is 0 Å². The van der Waals surface area contributed by atoms with E-state index in [1.165, 1.54) is 0 Å². The monoisotopic (exact) mass is 215 g/mol. The minimum atomic E-state index is -3.69. The molecule has 0 unspecified atom stereocenters. The Bertz CT molecular complexity index is 59.2. The SMILES string of the molecule is [Ag].[LiH].[O]=[V](=[O])[OH]. The standard InChI is InChI=1S/Ag.Li.H2O.2O.V.H/h;;1H2;;;;/q;;;;;+1;/p-1. The molecule has 0 amide bonds. The zero-order valence-corrected chi connectivity index (χ0v) is 4.89. The van der Waals surface area contributed by atoms with Crippen molar-refractivity contribution in [3.05, 3.63) is 0 Å². The van der Waals surface area contributed by atoms with E-state index in [1.54, 1.807) is 0 Å². The second-order valence-corrected chi connectivity index (χ2v) is 0.981. The molecule has 0 aromatic heterocycles. The summed E-state index contributed by atoms with van der Waals surface area (Å²) < 4.78 is 24.4. The average molecular weight is 216 g/mol. The molecule has 0 aliphatic rings. The van der Waals surface area contributed by atoms with Crippen molar-refractivity contribution >= 4 is 18.9 Å². The van der Waals surface area contributed by atoms with Gasteiger partial charge >= 0.3 is 45.6 Å². The van der Waals surface area contributed by atoms with E-state index in [9.17, 15) is 0 Å². The molecule has 0 bridgehead atoms. The summed E-state index contributed by atoms with van der Waals surface area (Å²) in [7, 11) is 0. The van der Waals surface area contributed by atoms with Crippen LogP contribution in [0.2, 0.25) is 0 Å². The van der Waals surface area contributed by atoms with E-state index in [1.807, 2.05) is 0 Å². The fourth-order valence-corrected chi connectivity index (χ4v) is 0. The molecule has 0 saturated heterocycles. The number of hydrogen-bond acceptors (Lipinski definition) is 2. The van der Waals surface area contributed by atoms with Gasteiger partial charge in [-0.05, 0) is 0 Å². The zero-order valence-electron chi connectivity index (χ0n) is 2.01. The van der Waals surface area contributed by atoms with Gasteiger partial charge in [0.05, 0.1) is 0 Å². The second kappa shape index (κ2) is 9.70. The van der Waals surface area contributed by atoms with Crippen LogP contribution >= 0.6 is 0 Å². The van der Waals surface area contributed by atoms with Gasteiger partial charge in [0, 0.05) is 22.4 Å². The summed E-state index contributed by atoms with van der Waals surface area (Å²) in [4.78, 5) is 0. The molecule has 0 aromatic rings. The third-order valence-electron chi connectivity index (χ3n) is 0. The fraction of sp³-hybridized carbons (Fsp3) is 0. The summed E-state index contributed by atoms with van der Waals surface area (Å²) >= 11 is -3.69. The Morgan fingerprint density at radius 1 is 1.33 bits per heavy atom. The fourth-order valence-electron chi connectivity index (χ4n) is 0. The van der Waals surface area contributed by atoms with E-state index in [2.05, 4.69) is 0 Å². The van der Waals surface area contributed by atoms with Crippen LogP contribution in [0, 0.1) is 0 Å². The molecule has 1 N–H and O–H groups in total. The minimum absolute atomic E-state index is 0. The summed E-state index contributed by atoms with van der Waals surface area (Å²) in [6, 6.07) is 0. The van der Waals surface area contributed by atoms with Crippen LogP contribution in [0.15, 0.2) is 0 Å². The van der Waals surface area contributed by atoms with Crippen molar-refractivity contribution in [2.24, 2.45) is 0 Å². The van der Waals surface area contributed by atoms with Crippen molar-refractivity contribution in [1.82, 2.24) is 0 Å². The Labute approximate surface area is 67.5 Å². The first-order valence-electron chi connectivity index (χ1n) is 0.565. The molecular weight excluding hydrogens is 214 g/mol. The third kappa shape index (κ3) is 50.1. The molecule has 6 heavy (non-hydrogen) atoms. The van der Waals surface area contributed by atoms with E-state index < -0.39 is 15.4 Å². The van der Waals surface area contributed by atoms with Crippen LogP contribution in [-0.4, -0.2) is 22.9 Å². The van der Waals surface area contributed by atoms with Gasteiger partial charge in [0.1, 0.15) is 0 Å². The van der Waals surface area contributed by atoms with Crippen molar-refractivity contribution in [3.63, 3.8) is 0 Å². The van der Waals surface area contributed by atoms with Crippen LogP contribution in [0.3, 0.4) is 0 Å². The van der Waals surface area contributed by atoms with Gasteiger partial charge in [0.25, 0.3) is 0 Å². The van der Waals surface area contributed by atoms with Gasteiger partial charge in [0.2, 0.25) is 0 Å². The van der Waals surface area contributed by atoms with Crippen LogP contribution in [0.4, 0.5) is 0 Å². The third-order valence-corrected chi connectivity index (χ3v) is 0. The summed E-state index contributed by atoms with van der Waals surface area (Å²) in [5.41, 5.74) is 0. The van der Waals surface area contributed by atoms with Gasteiger partial charge in [-0.2, -0.15) is 0 Å². The van der Waals surface area contributed by atoms with Gasteiger partial charge < -0.3 is 0 Å². The molecule has 0 aliphatic heterocycles. The molecule has 1 radical (unpaired) electrons. The van der Waals surface area contributed by atoms with Crippen molar-refractivity contribution in [2.45, 2.75) is 0 Å². The molecule has 6 heteroatoms. The number of hydrogen-bond donors (Lipinski definition) is 1. The Balaban J connectivity index is -0.0000000450. The second-order valence-electron chi connectivity index (χ2n) is 0.238. The summed E-state index contributed by atoms with van der Waals surface area (Å²) in [5.74, 6) is 0. The molecule has 0 spiro atoms. The summed E-state index contributed by atoms with van der Waals surface area (Å²) in [6.07, 6.45) is 0. The Kier molecular flexibility index (Phi) is 25.3. The maximum absolute atomic E-state index is 8.67. The van der Waals surface area contributed by atoms with E-state index >= 15 is 0 Å². The quantitative estimate of drug-likeness (QED) is 0.504. The van der Waals surface area contributed by atoms with Crippen LogP contribution in [-0.2, 0) is 45.1 Å². The first-order chi connectivity index (χ1) is 1.73. The van der Waals surface area contributed by atoms with Crippen molar-refractivity contribution in [3.8, 4) is 0 Å². The normalized spacial score (nSPS) is 4.17. The van der Waals surface area contributed by atoms with Gasteiger partial charge in [-0.15, -0.1) is 0 Å². The van der Waals surface area contributed by atoms with E-state index in [-0.39, 0.29) is 41.2 Å². The van der Waals surface area contributed by atoms with Crippen LogP contribution < -0.4 is 0 Å². The van der Waals surface area contributed by atoms with Gasteiger partial charge in [-0.3, -0.25) is 0 Å². The van der Waals surface area contributed by atoms with Gasteiger partial charge in [-0.1, -0.05) is 0 Å². The Morgan fingerprint density at radius 2 is 1.33 bits per heavy atom. The topological polar surface area (TPSA) is 54.4 Å². The van der Waals surface area contributed by atoms with E-state index in [4.69, 9.17) is 11.4 Å². The number of rotatable bonds is 0. The molecule has 0 aliphatic carbocycles. The predicted molar refractivity (Wildman–Crippen MR) is 10.7 cm³/mol. The summed E-state index contributed by atoms with van der Waals surface area (Å²) in [6.45, 7) is 0. The zero-order chi connectivity index (χ0) is 3.58. The molecule has 37 valence electrons. The van der Waals surface area contributed by atoms with Crippen molar-refractivity contribution < 1.29 is 49.2 Å². The molecule has 0 fully saturated rings. The average Bonchev–Trinajstić information content (AvgIpc) is 0.811. The molecule has 0 atom stereocenters. The van der Waals surface area contributed by atoms with Crippen molar-refractivity contribution in [2.75, 3.05) is 0 Å². The molecule has 0 aromatic carbocycles. The van der Waals surface area contributed by atoms with Crippen LogP contribution in [0.25, 0.3) is 0 Å². The van der Waals surface area contributed by atoms with Crippen LogP contribution in [0.1, 0.15) is 0 Å². The van der Waals surface area contributed by atoms with Crippen molar-refractivity contribution in [1.29, 1.82) is 0 Å². The summed E-state index contributed by atoms with van der Waals surface area (Å²) in [5, 5.41) is 0. The van der Waals surface area contributed by atoms with E-state index in [0.29, 0.717) is 0 Å². The Morgan fingerprint density at radius 3 is 1.33 bits per heavy atom. The molecular formula is H2AgLiO3V. The Hall–Kier alpha value is 1.48. The van der Waals surface area contributed by atoms with Gasteiger partial charge in [-0.25, -0.2) is 0 Å². The molecule has 3 nitrogen and oxygen atoms in total. The predicted octanol–water partition coefficient (Wildman–Crippen LogP) is -1.45. The van der Waals surface area contributed by atoms with E-state index in [0.717, 1.165) is 0 Å². The first kappa shape index (κ1) is 15.6.